The summed E-state index contributed by atoms with van der Waals surface area (Å²) in [6.45, 7) is -0.0313. The van der Waals surface area contributed by atoms with Crippen molar-refractivity contribution in [2.24, 2.45) is 0 Å². The van der Waals surface area contributed by atoms with Gasteiger partial charge in [0, 0.05) is 12.5 Å². The molecule has 1 atom stereocenters. The maximum atomic E-state index is 10.1. The van der Waals surface area contributed by atoms with E-state index in [1.807, 2.05) is 0 Å². The molecule has 0 aliphatic rings. The highest BCUT2D eigenvalue weighted by molar-refractivity contribution is 6.43. The van der Waals surface area contributed by atoms with E-state index in [4.69, 9.17) is 39.5 Å². The second kappa shape index (κ2) is 6.30. The number of ether oxygens (including phenoxy) is 1. The SMILES string of the molecule is O=CC[C@H](O)COc1cc(Cl)c(Cl)cc1Cl. The van der Waals surface area contributed by atoms with Crippen molar-refractivity contribution in [1.29, 1.82) is 0 Å². The summed E-state index contributed by atoms with van der Waals surface area (Å²) in [6, 6.07) is 2.91. The smallest absolute Gasteiger partial charge is 0.139 e. The van der Waals surface area contributed by atoms with Gasteiger partial charge in [0.05, 0.1) is 21.2 Å². The fourth-order valence-corrected chi connectivity index (χ4v) is 1.57. The average Bonchev–Trinajstić information content (AvgIpc) is 2.22. The van der Waals surface area contributed by atoms with E-state index in [1.54, 1.807) is 0 Å². The molecule has 0 aromatic heterocycles. The minimum Gasteiger partial charge on any atom is -0.489 e. The summed E-state index contributed by atoms with van der Waals surface area (Å²) in [5.41, 5.74) is 0. The molecular weight excluding hydrogens is 274 g/mol. The minimum atomic E-state index is -0.858. The molecule has 0 fully saturated rings. The summed E-state index contributed by atoms with van der Waals surface area (Å²) in [4.78, 5) is 10.1. The summed E-state index contributed by atoms with van der Waals surface area (Å²) >= 11 is 17.3. The van der Waals surface area contributed by atoms with Gasteiger partial charge in [-0.25, -0.2) is 0 Å². The Bertz CT molecular complexity index is 382. The lowest BCUT2D eigenvalue weighted by Gasteiger charge is -2.11. The Hall–Kier alpha value is -0.480. The topological polar surface area (TPSA) is 46.5 Å². The monoisotopic (exact) mass is 282 g/mol. The number of rotatable bonds is 5. The van der Waals surface area contributed by atoms with Crippen molar-refractivity contribution < 1.29 is 14.6 Å². The van der Waals surface area contributed by atoms with Gasteiger partial charge in [0.25, 0.3) is 0 Å². The van der Waals surface area contributed by atoms with Gasteiger partial charge >= 0.3 is 0 Å². The predicted octanol–water partition coefficient (Wildman–Crippen LogP) is 2.98. The zero-order valence-electron chi connectivity index (χ0n) is 8.12. The first-order valence-electron chi connectivity index (χ1n) is 4.43. The molecule has 0 radical (unpaired) electrons. The summed E-state index contributed by atoms with van der Waals surface area (Å²) in [5.74, 6) is 0.320. The second-order valence-electron chi connectivity index (χ2n) is 3.06. The van der Waals surface area contributed by atoms with Crippen LogP contribution >= 0.6 is 34.8 Å². The van der Waals surface area contributed by atoms with E-state index in [1.165, 1.54) is 12.1 Å². The Balaban J connectivity index is 2.67. The summed E-state index contributed by atoms with van der Waals surface area (Å²) in [5, 5.41) is 10.2. The number of aliphatic hydroxyl groups excluding tert-OH is 1. The van der Waals surface area contributed by atoms with Crippen LogP contribution in [0, 0.1) is 0 Å². The highest BCUT2D eigenvalue weighted by Crippen LogP contribution is 2.33. The lowest BCUT2D eigenvalue weighted by atomic mass is 10.3. The largest absolute Gasteiger partial charge is 0.489 e. The molecule has 16 heavy (non-hydrogen) atoms. The number of aliphatic hydroxyl groups is 1. The molecule has 0 aliphatic heterocycles. The number of carbonyl (C=O) groups excluding carboxylic acids is 1. The second-order valence-corrected chi connectivity index (χ2v) is 4.29. The van der Waals surface area contributed by atoms with Crippen LogP contribution in [0.4, 0.5) is 0 Å². The number of hydrogen-bond donors (Lipinski definition) is 1. The van der Waals surface area contributed by atoms with E-state index in [2.05, 4.69) is 0 Å². The molecule has 0 spiro atoms. The van der Waals surface area contributed by atoms with Crippen LogP contribution in [0.2, 0.25) is 15.1 Å². The molecule has 3 nitrogen and oxygen atoms in total. The first-order valence-corrected chi connectivity index (χ1v) is 5.57. The predicted molar refractivity (Wildman–Crippen MR) is 63.7 cm³/mol. The van der Waals surface area contributed by atoms with Crippen molar-refractivity contribution in [3.63, 3.8) is 0 Å². The molecule has 0 bridgehead atoms. The van der Waals surface area contributed by atoms with Crippen molar-refractivity contribution in [3.05, 3.63) is 27.2 Å². The molecule has 1 aromatic carbocycles. The molecule has 0 aliphatic carbocycles. The number of hydrogen-bond acceptors (Lipinski definition) is 3. The Labute approximate surface area is 108 Å². The number of aldehydes is 1. The van der Waals surface area contributed by atoms with Crippen molar-refractivity contribution in [1.82, 2.24) is 0 Å². The molecule has 1 N–H and O–H groups in total. The lowest BCUT2D eigenvalue weighted by Crippen LogP contribution is -2.17. The molecule has 6 heteroatoms. The zero-order valence-corrected chi connectivity index (χ0v) is 10.4. The lowest BCUT2D eigenvalue weighted by molar-refractivity contribution is -0.109. The normalized spacial score (nSPS) is 12.2. The Morgan fingerprint density at radius 2 is 1.88 bits per heavy atom. The Kier molecular flexibility index (Phi) is 5.35. The van der Waals surface area contributed by atoms with Gasteiger partial charge in [-0.2, -0.15) is 0 Å². The van der Waals surface area contributed by atoms with Gasteiger partial charge in [0.2, 0.25) is 0 Å². The Morgan fingerprint density at radius 3 is 2.50 bits per heavy atom. The van der Waals surface area contributed by atoms with E-state index in [9.17, 15) is 9.90 Å². The fraction of sp³-hybridized carbons (Fsp3) is 0.300. The average molecular weight is 284 g/mol. The van der Waals surface area contributed by atoms with Crippen molar-refractivity contribution in [3.8, 4) is 5.75 Å². The van der Waals surface area contributed by atoms with Gasteiger partial charge in [-0.3, -0.25) is 0 Å². The van der Waals surface area contributed by atoms with Crippen molar-refractivity contribution in [2.75, 3.05) is 6.61 Å². The number of halogens is 3. The third-order valence-electron chi connectivity index (χ3n) is 1.77. The summed E-state index contributed by atoms with van der Waals surface area (Å²) in [7, 11) is 0. The molecule has 0 unspecified atom stereocenters. The van der Waals surface area contributed by atoms with E-state index >= 15 is 0 Å². The van der Waals surface area contributed by atoms with E-state index in [-0.39, 0.29) is 13.0 Å². The van der Waals surface area contributed by atoms with Gasteiger partial charge < -0.3 is 14.6 Å². The van der Waals surface area contributed by atoms with Crippen molar-refractivity contribution in [2.45, 2.75) is 12.5 Å². The van der Waals surface area contributed by atoms with Crippen LogP contribution in [0.25, 0.3) is 0 Å². The molecule has 1 aromatic rings. The summed E-state index contributed by atoms with van der Waals surface area (Å²) < 4.78 is 5.20. The van der Waals surface area contributed by atoms with Crippen LogP contribution < -0.4 is 4.74 Å². The van der Waals surface area contributed by atoms with Crippen LogP contribution in [0.5, 0.6) is 5.75 Å². The molecule has 0 saturated heterocycles. The minimum absolute atomic E-state index is 0.0128. The van der Waals surface area contributed by atoms with Crippen molar-refractivity contribution >= 4 is 41.1 Å². The highest BCUT2D eigenvalue weighted by Gasteiger charge is 2.09. The van der Waals surface area contributed by atoms with E-state index < -0.39 is 6.10 Å². The van der Waals surface area contributed by atoms with Gasteiger partial charge in [-0.15, -0.1) is 0 Å². The zero-order chi connectivity index (χ0) is 12.1. The van der Waals surface area contributed by atoms with E-state index in [0.29, 0.717) is 27.1 Å². The van der Waals surface area contributed by atoms with Gasteiger partial charge in [-0.05, 0) is 6.07 Å². The van der Waals surface area contributed by atoms with Gasteiger partial charge in [-0.1, -0.05) is 34.8 Å². The van der Waals surface area contributed by atoms with Crippen LogP contribution in [0.15, 0.2) is 12.1 Å². The highest BCUT2D eigenvalue weighted by atomic mass is 35.5. The Morgan fingerprint density at radius 1 is 1.25 bits per heavy atom. The van der Waals surface area contributed by atoms with Gasteiger partial charge in [0.1, 0.15) is 18.6 Å². The standard InChI is InChI=1S/C10H9Cl3O3/c11-7-3-9(13)10(4-8(7)12)16-5-6(15)1-2-14/h2-4,6,15H,1,5H2/t6-/m0/s1. The van der Waals surface area contributed by atoms with Gasteiger partial charge in [0.15, 0.2) is 0 Å². The maximum absolute atomic E-state index is 10.1. The van der Waals surface area contributed by atoms with Crippen LogP contribution in [0.1, 0.15) is 6.42 Å². The van der Waals surface area contributed by atoms with E-state index in [0.717, 1.165) is 0 Å². The molecule has 88 valence electrons. The van der Waals surface area contributed by atoms with Crippen LogP contribution in [-0.4, -0.2) is 24.1 Å². The third-order valence-corrected chi connectivity index (χ3v) is 2.79. The molecule has 0 heterocycles. The first kappa shape index (κ1) is 13.6. The molecule has 0 amide bonds. The maximum Gasteiger partial charge on any atom is 0.139 e. The third kappa shape index (κ3) is 3.83. The number of benzene rings is 1. The summed E-state index contributed by atoms with van der Waals surface area (Å²) in [6.07, 6.45) is -0.230. The first-order chi connectivity index (χ1) is 7.54. The quantitative estimate of drug-likeness (QED) is 0.667. The molecular formula is C10H9Cl3O3. The van der Waals surface area contributed by atoms with Crippen LogP contribution in [0.3, 0.4) is 0 Å². The molecule has 0 saturated carbocycles. The van der Waals surface area contributed by atoms with Crippen LogP contribution in [-0.2, 0) is 4.79 Å². The fourth-order valence-electron chi connectivity index (χ4n) is 0.980. The number of carbonyl (C=O) groups is 1. The molecule has 1 rings (SSSR count).